The first-order valence-electron chi connectivity index (χ1n) is 4.60. The molecule has 0 amide bonds. The van der Waals surface area contributed by atoms with Crippen LogP contribution in [0.1, 0.15) is 39.5 Å². The zero-order valence-electron chi connectivity index (χ0n) is 7.97. The second-order valence-corrected chi connectivity index (χ2v) is 3.73. The van der Waals surface area contributed by atoms with Crippen molar-refractivity contribution in [2.45, 2.75) is 39.5 Å². The minimum Gasteiger partial charge on any atom is -0.496 e. The summed E-state index contributed by atoms with van der Waals surface area (Å²) in [6.45, 7) is 5.25. The molecule has 3 nitrogen and oxygen atoms in total. The fourth-order valence-corrected chi connectivity index (χ4v) is 1.35. The molecule has 0 fully saturated rings. The van der Waals surface area contributed by atoms with Gasteiger partial charge >= 0.3 is 9.17 Å². The van der Waals surface area contributed by atoms with Crippen LogP contribution in [0.2, 0.25) is 0 Å². The SMILES string of the molecule is CCCCO[Si](=O)OCCCC. The molecule has 0 spiro atoms. The van der Waals surface area contributed by atoms with Crippen LogP contribution in [0, 0.1) is 0 Å². The summed E-state index contributed by atoms with van der Waals surface area (Å²) < 4.78 is 20.8. The molecule has 0 N–H and O–H groups in total. The molecule has 72 valence electrons. The van der Waals surface area contributed by atoms with Crippen molar-refractivity contribution in [2.75, 3.05) is 13.2 Å². The molecule has 0 unspecified atom stereocenters. The Labute approximate surface area is 76.0 Å². The van der Waals surface area contributed by atoms with Crippen LogP contribution in [0.5, 0.6) is 0 Å². The maximum absolute atomic E-state index is 10.9. The van der Waals surface area contributed by atoms with E-state index in [4.69, 9.17) is 8.85 Å². The van der Waals surface area contributed by atoms with E-state index < -0.39 is 9.17 Å². The molecule has 12 heavy (non-hydrogen) atoms. The smallest absolute Gasteiger partial charge is 0.496 e. The van der Waals surface area contributed by atoms with Crippen molar-refractivity contribution >= 4 is 9.17 Å². The lowest BCUT2D eigenvalue weighted by atomic mass is 10.4. The van der Waals surface area contributed by atoms with Crippen LogP contribution in [0.15, 0.2) is 0 Å². The number of rotatable bonds is 8. The average molecular weight is 190 g/mol. The van der Waals surface area contributed by atoms with Crippen LogP contribution in [0.3, 0.4) is 0 Å². The van der Waals surface area contributed by atoms with Crippen LogP contribution in [0.4, 0.5) is 0 Å². The summed E-state index contributed by atoms with van der Waals surface area (Å²) in [7, 11) is -2.18. The normalized spacial score (nSPS) is 9.50. The van der Waals surface area contributed by atoms with Crippen molar-refractivity contribution in [3.05, 3.63) is 0 Å². The zero-order chi connectivity index (χ0) is 9.23. The lowest BCUT2D eigenvalue weighted by Gasteiger charge is -2.03. The van der Waals surface area contributed by atoms with Gasteiger partial charge in [-0.05, 0) is 12.8 Å². The third-order valence-electron chi connectivity index (χ3n) is 1.44. The molecule has 0 aliphatic carbocycles. The minimum atomic E-state index is -2.18. The van der Waals surface area contributed by atoms with Gasteiger partial charge in [0.1, 0.15) is 0 Å². The maximum atomic E-state index is 10.9. The van der Waals surface area contributed by atoms with Gasteiger partial charge in [0, 0.05) is 0 Å². The van der Waals surface area contributed by atoms with Crippen LogP contribution < -0.4 is 0 Å². The molecule has 0 saturated heterocycles. The molecule has 0 bridgehead atoms. The fourth-order valence-electron chi connectivity index (χ4n) is 0.641. The predicted molar refractivity (Wildman–Crippen MR) is 48.2 cm³/mol. The highest BCUT2D eigenvalue weighted by molar-refractivity contribution is 6.26. The summed E-state index contributed by atoms with van der Waals surface area (Å²) in [6.07, 6.45) is 4.02. The Bertz CT molecular complexity index is 105. The Kier molecular flexibility index (Phi) is 8.43. The van der Waals surface area contributed by atoms with Crippen LogP contribution in [0.25, 0.3) is 0 Å². The Balaban J connectivity index is 3.10. The molecule has 0 saturated carbocycles. The van der Waals surface area contributed by atoms with Gasteiger partial charge in [-0.3, -0.25) is 4.46 Å². The van der Waals surface area contributed by atoms with Gasteiger partial charge in [-0.15, -0.1) is 0 Å². The highest BCUT2D eigenvalue weighted by Crippen LogP contribution is 1.91. The number of hydrogen-bond acceptors (Lipinski definition) is 3. The van der Waals surface area contributed by atoms with Gasteiger partial charge in [-0.2, -0.15) is 0 Å². The van der Waals surface area contributed by atoms with Crippen molar-refractivity contribution in [1.82, 2.24) is 0 Å². The van der Waals surface area contributed by atoms with Crippen LogP contribution in [-0.2, 0) is 13.3 Å². The standard InChI is InChI=1S/C8H18O3Si/c1-3-5-7-10-12(9)11-8-6-4-2/h3-8H2,1-2H3. The van der Waals surface area contributed by atoms with Crippen LogP contribution >= 0.6 is 0 Å². The Morgan fingerprint density at radius 2 is 1.42 bits per heavy atom. The van der Waals surface area contributed by atoms with E-state index in [1.165, 1.54) is 0 Å². The van der Waals surface area contributed by atoms with Crippen LogP contribution in [-0.4, -0.2) is 22.4 Å². The van der Waals surface area contributed by atoms with Gasteiger partial charge in [0.15, 0.2) is 0 Å². The van der Waals surface area contributed by atoms with Gasteiger partial charge < -0.3 is 8.85 Å². The van der Waals surface area contributed by atoms with Crippen molar-refractivity contribution in [3.63, 3.8) is 0 Å². The van der Waals surface area contributed by atoms with Gasteiger partial charge in [0.05, 0.1) is 13.2 Å². The van der Waals surface area contributed by atoms with Crippen molar-refractivity contribution in [3.8, 4) is 0 Å². The summed E-state index contributed by atoms with van der Waals surface area (Å²) in [5.74, 6) is 0. The third kappa shape index (κ3) is 7.72. The predicted octanol–water partition coefficient (Wildman–Crippen LogP) is 2.04. The highest BCUT2D eigenvalue weighted by atomic mass is 28.3. The topological polar surface area (TPSA) is 35.5 Å². The third-order valence-corrected chi connectivity index (χ3v) is 2.32. The van der Waals surface area contributed by atoms with Crippen molar-refractivity contribution in [1.29, 1.82) is 0 Å². The van der Waals surface area contributed by atoms with E-state index in [1.807, 2.05) is 0 Å². The summed E-state index contributed by atoms with van der Waals surface area (Å²) in [4.78, 5) is 0. The molecule has 0 rings (SSSR count). The van der Waals surface area contributed by atoms with E-state index >= 15 is 0 Å². The number of unbranched alkanes of at least 4 members (excludes halogenated alkanes) is 2. The Hall–Kier alpha value is -0.383. The second-order valence-electron chi connectivity index (χ2n) is 2.65. The quantitative estimate of drug-likeness (QED) is 0.434. The lowest BCUT2D eigenvalue weighted by molar-refractivity contribution is 0.164. The van der Waals surface area contributed by atoms with Crippen molar-refractivity contribution < 1.29 is 13.3 Å². The summed E-state index contributed by atoms with van der Waals surface area (Å²) >= 11 is 0. The van der Waals surface area contributed by atoms with E-state index in [2.05, 4.69) is 13.8 Å². The van der Waals surface area contributed by atoms with E-state index in [-0.39, 0.29) is 0 Å². The molecule has 0 aromatic rings. The molecule has 0 aromatic heterocycles. The fraction of sp³-hybridized carbons (Fsp3) is 1.00. The Morgan fingerprint density at radius 3 is 1.75 bits per heavy atom. The Morgan fingerprint density at radius 1 is 1.00 bits per heavy atom. The molecule has 0 aliphatic rings. The first kappa shape index (κ1) is 11.6. The molecule has 0 aromatic carbocycles. The molecule has 0 atom stereocenters. The van der Waals surface area contributed by atoms with E-state index in [0.717, 1.165) is 25.7 Å². The molecule has 0 aliphatic heterocycles. The van der Waals surface area contributed by atoms with Gasteiger partial charge in [0.25, 0.3) is 0 Å². The number of hydrogen-bond donors (Lipinski definition) is 0. The first-order valence-corrected chi connectivity index (χ1v) is 5.83. The molecular formula is C8H18O3Si. The van der Waals surface area contributed by atoms with E-state index in [0.29, 0.717) is 13.2 Å². The van der Waals surface area contributed by atoms with E-state index in [1.54, 1.807) is 0 Å². The van der Waals surface area contributed by atoms with Gasteiger partial charge in [-0.1, -0.05) is 26.7 Å². The minimum absolute atomic E-state index is 0.556. The van der Waals surface area contributed by atoms with Gasteiger partial charge in [-0.25, -0.2) is 0 Å². The second kappa shape index (κ2) is 8.71. The van der Waals surface area contributed by atoms with Crippen molar-refractivity contribution in [2.24, 2.45) is 0 Å². The largest absolute Gasteiger partial charge is 0.767 e. The first-order chi connectivity index (χ1) is 5.81. The molecular weight excluding hydrogens is 172 g/mol. The zero-order valence-corrected chi connectivity index (χ0v) is 8.97. The van der Waals surface area contributed by atoms with Gasteiger partial charge in [0.2, 0.25) is 0 Å². The summed E-state index contributed by atoms with van der Waals surface area (Å²) in [5.41, 5.74) is 0. The highest BCUT2D eigenvalue weighted by Gasteiger charge is 2.08. The lowest BCUT2D eigenvalue weighted by Crippen LogP contribution is -2.13. The molecule has 0 radical (unpaired) electrons. The summed E-state index contributed by atoms with van der Waals surface area (Å²) in [5, 5.41) is 0. The summed E-state index contributed by atoms with van der Waals surface area (Å²) in [6, 6.07) is 0. The molecule has 0 heterocycles. The van der Waals surface area contributed by atoms with E-state index in [9.17, 15) is 4.46 Å². The average Bonchev–Trinajstić information content (AvgIpc) is 2.06. The maximum Gasteiger partial charge on any atom is 0.767 e. The molecule has 4 heteroatoms. The monoisotopic (exact) mass is 190 g/mol.